The molecule has 0 aliphatic rings. The summed E-state index contributed by atoms with van der Waals surface area (Å²) >= 11 is 1.65. The Hall–Kier alpha value is -1.29. The van der Waals surface area contributed by atoms with Crippen LogP contribution in [0, 0.1) is 0 Å². The van der Waals surface area contributed by atoms with E-state index < -0.39 is 0 Å². The van der Waals surface area contributed by atoms with E-state index in [2.05, 4.69) is 0 Å². The van der Waals surface area contributed by atoms with Crippen molar-refractivity contribution >= 4 is 29.1 Å². The first kappa shape index (κ1) is 12.8. The van der Waals surface area contributed by atoms with Crippen LogP contribution in [-0.2, 0) is 9.59 Å². The molecule has 0 aliphatic carbocycles. The zero-order valence-corrected chi connectivity index (χ0v) is 10.5. The zero-order valence-electron chi connectivity index (χ0n) is 9.69. The number of thioether (sulfide) groups is 1. The molecule has 0 N–H and O–H groups in total. The molecule has 0 aromatic heterocycles. The SMILES string of the molecule is CSc1ccc(N(C)C(=O)CC(C)=O)cc1. The van der Waals surface area contributed by atoms with Crippen LogP contribution in [0.25, 0.3) is 0 Å². The minimum absolute atomic E-state index is 0.0409. The van der Waals surface area contributed by atoms with E-state index in [-0.39, 0.29) is 18.1 Å². The fourth-order valence-corrected chi connectivity index (χ4v) is 1.69. The molecule has 4 heteroatoms. The topological polar surface area (TPSA) is 37.4 Å². The highest BCUT2D eigenvalue weighted by Gasteiger charge is 2.12. The minimum atomic E-state index is -0.176. The molecule has 1 aromatic carbocycles. The van der Waals surface area contributed by atoms with Crippen molar-refractivity contribution in [3.05, 3.63) is 24.3 Å². The first-order valence-corrected chi connectivity index (χ1v) is 6.17. The molecule has 0 spiro atoms. The van der Waals surface area contributed by atoms with Gasteiger partial charge >= 0.3 is 0 Å². The lowest BCUT2D eigenvalue weighted by Crippen LogP contribution is -2.27. The molecule has 0 fully saturated rings. The lowest BCUT2D eigenvalue weighted by atomic mass is 10.2. The molecule has 0 aliphatic heterocycles. The minimum Gasteiger partial charge on any atom is -0.315 e. The third kappa shape index (κ3) is 3.38. The second-order valence-corrected chi connectivity index (χ2v) is 4.41. The van der Waals surface area contributed by atoms with Crippen molar-refractivity contribution in [2.75, 3.05) is 18.2 Å². The van der Waals surface area contributed by atoms with Crippen LogP contribution in [0.2, 0.25) is 0 Å². The number of carbonyl (C=O) groups excluding carboxylic acids is 2. The van der Waals surface area contributed by atoms with Gasteiger partial charge in [-0.3, -0.25) is 9.59 Å². The molecule has 16 heavy (non-hydrogen) atoms. The maximum absolute atomic E-state index is 11.6. The van der Waals surface area contributed by atoms with Crippen molar-refractivity contribution in [1.29, 1.82) is 0 Å². The largest absolute Gasteiger partial charge is 0.315 e. The lowest BCUT2D eigenvalue weighted by molar-refractivity contribution is -0.125. The van der Waals surface area contributed by atoms with Crippen LogP contribution in [0.3, 0.4) is 0 Å². The molecule has 0 saturated heterocycles. The summed E-state index contributed by atoms with van der Waals surface area (Å²) in [5.41, 5.74) is 0.809. The number of carbonyl (C=O) groups is 2. The second kappa shape index (κ2) is 5.70. The third-order valence-electron chi connectivity index (χ3n) is 2.23. The summed E-state index contributed by atoms with van der Waals surface area (Å²) in [5.74, 6) is -0.290. The summed E-state index contributed by atoms with van der Waals surface area (Å²) in [6.07, 6.45) is 1.96. The molecule has 1 amide bonds. The van der Waals surface area contributed by atoms with Gasteiger partial charge in [0.1, 0.15) is 5.78 Å². The average molecular weight is 237 g/mol. The van der Waals surface area contributed by atoms with E-state index in [0.717, 1.165) is 10.6 Å². The number of Topliss-reactive ketones (excluding diaryl/α,β-unsaturated/α-hetero) is 1. The Morgan fingerprint density at radius 3 is 2.25 bits per heavy atom. The van der Waals surface area contributed by atoms with Crippen LogP contribution < -0.4 is 4.90 Å². The van der Waals surface area contributed by atoms with Crippen LogP contribution in [0.1, 0.15) is 13.3 Å². The first-order chi connectivity index (χ1) is 7.54. The molecular weight excluding hydrogens is 222 g/mol. The molecule has 0 saturated carbocycles. The summed E-state index contributed by atoms with van der Waals surface area (Å²) in [5, 5.41) is 0. The van der Waals surface area contributed by atoms with Crippen LogP contribution in [0.4, 0.5) is 5.69 Å². The van der Waals surface area contributed by atoms with Crippen molar-refractivity contribution in [3.63, 3.8) is 0 Å². The van der Waals surface area contributed by atoms with Crippen molar-refractivity contribution in [1.82, 2.24) is 0 Å². The van der Waals surface area contributed by atoms with Gasteiger partial charge in [0, 0.05) is 17.6 Å². The van der Waals surface area contributed by atoms with Gasteiger partial charge in [-0.15, -0.1) is 11.8 Å². The first-order valence-electron chi connectivity index (χ1n) is 4.94. The van der Waals surface area contributed by atoms with E-state index in [4.69, 9.17) is 0 Å². The standard InChI is InChI=1S/C12H15NO2S/c1-9(14)8-12(15)13(2)10-4-6-11(16-3)7-5-10/h4-7H,8H2,1-3H3. The second-order valence-electron chi connectivity index (χ2n) is 3.53. The van der Waals surface area contributed by atoms with Crippen molar-refractivity contribution in [2.45, 2.75) is 18.2 Å². The van der Waals surface area contributed by atoms with E-state index >= 15 is 0 Å². The monoisotopic (exact) mass is 237 g/mol. The van der Waals surface area contributed by atoms with E-state index in [1.165, 1.54) is 11.8 Å². The highest BCUT2D eigenvalue weighted by Crippen LogP contribution is 2.20. The highest BCUT2D eigenvalue weighted by atomic mass is 32.2. The van der Waals surface area contributed by atoms with Gasteiger partial charge in [-0.25, -0.2) is 0 Å². The molecule has 86 valence electrons. The van der Waals surface area contributed by atoms with E-state index in [1.807, 2.05) is 30.5 Å². The van der Waals surface area contributed by atoms with Crippen LogP contribution >= 0.6 is 11.8 Å². The number of rotatable bonds is 4. The van der Waals surface area contributed by atoms with Gasteiger partial charge < -0.3 is 4.90 Å². The molecule has 0 radical (unpaired) electrons. The van der Waals surface area contributed by atoms with Gasteiger partial charge in [-0.1, -0.05) is 0 Å². The van der Waals surface area contributed by atoms with Crippen molar-refractivity contribution in [2.24, 2.45) is 0 Å². The van der Waals surface area contributed by atoms with E-state index in [0.29, 0.717) is 0 Å². The predicted octanol–water partition coefficient (Wildman–Crippen LogP) is 2.35. The molecule has 3 nitrogen and oxygen atoms in total. The molecule has 1 rings (SSSR count). The highest BCUT2D eigenvalue weighted by molar-refractivity contribution is 7.98. The fraction of sp³-hybridized carbons (Fsp3) is 0.333. The summed E-state index contributed by atoms with van der Waals surface area (Å²) in [4.78, 5) is 25.1. The van der Waals surface area contributed by atoms with Crippen molar-refractivity contribution in [3.8, 4) is 0 Å². The predicted molar refractivity (Wildman–Crippen MR) is 66.9 cm³/mol. The lowest BCUT2D eigenvalue weighted by Gasteiger charge is -2.16. The van der Waals surface area contributed by atoms with Crippen molar-refractivity contribution < 1.29 is 9.59 Å². The Morgan fingerprint density at radius 2 is 1.81 bits per heavy atom. The Balaban J connectivity index is 2.75. The van der Waals surface area contributed by atoms with Crippen LogP contribution in [-0.4, -0.2) is 25.0 Å². The summed E-state index contributed by atoms with van der Waals surface area (Å²) in [7, 11) is 1.68. The Kier molecular flexibility index (Phi) is 4.55. The number of anilines is 1. The van der Waals surface area contributed by atoms with Gasteiger partial charge in [-0.05, 0) is 37.4 Å². The molecule has 0 bridgehead atoms. The third-order valence-corrected chi connectivity index (χ3v) is 2.98. The molecule has 0 heterocycles. The summed E-state index contributed by atoms with van der Waals surface area (Å²) in [6, 6.07) is 7.67. The van der Waals surface area contributed by atoms with E-state index in [9.17, 15) is 9.59 Å². The summed E-state index contributed by atoms with van der Waals surface area (Å²) in [6.45, 7) is 1.42. The molecule has 0 unspecified atom stereocenters. The maximum atomic E-state index is 11.6. The average Bonchev–Trinajstić information content (AvgIpc) is 2.27. The van der Waals surface area contributed by atoms with Crippen LogP contribution in [0.15, 0.2) is 29.2 Å². The number of hydrogen-bond donors (Lipinski definition) is 0. The van der Waals surface area contributed by atoms with E-state index in [1.54, 1.807) is 18.8 Å². The molecular formula is C12H15NO2S. The Bertz CT molecular complexity index is 387. The van der Waals surface area contributed by atoms with Gasteiger partial charge in [0.15, 0.2) is 0 Å². The maximum Gasteiger partial charge on any atom is 0.234 e. The number of ketones is 1. The van der Waals surface area contributed by atoms with Gasteiger partial charge in [0.2, 0.25) is 5.91 Å². The Morgan fingerprint density at radius 1 is 1.25 bits per heavy atom. The van der Waals surface area contributed by atoms with Crippen LogP contribution in [0.5, 0.6) is 0 Å². The quantitative estimate of drug-likeness (QED) is 0.596. The zero-order chi connectivity index (χ0) is 12.1. The summed E-state index contributed by atoms with van der Waals surface area (Å²) < 4.78 is 0. The smallest absolute Gasteiger partial charge is 0.234 e. The molecule has 1 aromatic rings. The number of amides is 1. The normalized spacial score (nSPS) is 9.94. The Labute approximate surface area is 99.8 Å². The molecule has 0 atom stereocenters. The van der Waals surface area contributed by atoms with Gasteiger partial charge in [0.05, 0.1) is 6.42 Å². The van der Waals surface area contributed by atoms with Gasteiger partial charge in [-0.2, -0.15) is 0 Å². The van der Waals surface area contributed by atoms with Gasteiger partial charge in [0.25, 0.3) is 0 Å². The number of hydrogen-bond acceptors (Lipinski definition) is 3. The number of nitrogens with zero attached hydrogens (tertiary/aromatic N) is 1. The fourth-order valence-electron chi connectivity index (χ4n) is 1.28. The number of benzene rings is 1.